The number of terminal acetylenes is 1. The topological polar surface area (TPSA) is 175 Å². The van der Waals surface area contributed by atoms with Crippen LogP contribution in [0.4, 0.5) is 0 Å². The molecular weight excluding hydrogens is 692 g/mol. The maximum atomic E-state index is 14.4. The fourth-order valence-corrected chi connectivity index (χ4v) is 7.16. The molecule has 14 heteroatoms. The van der Waals surface area contributed by atoms with Gasteiger partial charge in [0, 0.05) is 33.0 Å². The number of hydrogen-bond acceptors (Lipinski definition) is 8. The monoisotopic (exact) mass is 738 g/mol. The van der Waals surface area contributed by atoms with Gasteiger partial charge in [0.25, 0.3) is 11.8 Å². The smallest absolute Gasteiger partial charge is 0.328 e. The van der Waals surface area contributed by atoms with Crippen LogP contribution >= 0.6 is 0 Å². The molecule has 0 bridgehead atoms. The number of aliphatic imine (C=N–C) groups is 1. The maximum Gasteiger partial charge on any atom is 0.328 e. The lowest BCUT2D eigenvalue weighted by atomic mass is 10.0. The third-order valence-electron chi connectivity index (χ3n) is 10.0. The van der Waals surface area contributed by atoms with E-state index in [1.165, 1.54) is 23.8 Å². The maximum absolute atomic E-state index is 14.4. The van der Waals surface area contributed by atoms with Crippen molar-refractivity contribution >= 4 is 47.1 Å². The Labute approximate surface area is 314 Å². The van der Waals surface area contributed by atoms with Gasteiger partial charge in [0.1, 0.15) is 42.5 Å². The molecule has 0 aliphatic carbocycles. The third kappa shape index (κ3) is 9.38. The Morgan fingerprint density at radius 2 is 1.63 bits per heavy atom. The number of benzene rings is 2. The number of hydrogen-bond donors (Lipinski definition) is 2. The number of amides is 6. The Balaban J connectivity index is 1.47. The van der Waals surface area contributed by atoms with Gasteiger partial charge in [-0.15, -0.1) is 12.3 Å². The van der Waals surface area contributed by atoms with E-state index in [-0.39, 0.29) is 56.8 Å². The van der Waals surface area contributed by atoms with E-state index in [1.807, 2.05) is 19.1 Å². The van der Waals surface area contributed by atoms with Crippen molar-refractivity contribution in [3.8, 4) is 12.3 Å². The van der Waals surface area contributed by atoms with Crippen molar-refractivity contribution < 1.29 is 38.3 Å². The molecule has 3 aliphatic rings. The molecule has 6 amide bonds. The first-order valence-electron chi connectivity index (χ1n) is 18.1. The minimum atomic E-state index is -1.47. The predicted molar refractivity (Wildman–Crippen MR) is 197 cm³/mol. The first-order valence-corrected chi connectivity index (χ1v) is 18.1. The Kier molecular flexibility index (Phi) is 13.0. The second-order valence-corrected chi connectivity index (χ2v) is 14.1. The van der Waals surface area contributed by atoms with E-state index < -0.39 is 78.2 Å². The minimum Gasteiger partial charge on any atom is -0.461 e. The molecule has 284 valence electrons. The number of cyclic esters (lactones) is 1. The number of likely N-dealkylation sites (N-methyl/N-ethyl adjacent to an activating group) is 1. The average molecular weight is 739 g/mol. The first-order chi connectivity index (χ1) is 25.9. The van der Waals surface area contributed by atoms with E-state index in [0.717, 1.165) is 16.0 Å². The molecule has 6 atom stereocenters. The summed E-state index contributed by atoms with van der Waals surface area (Å²) in [6.07, 6.45) is 6.44. The Morgan fingerprint density at radius 3 is 2.30 bits per heavy atom. The number of carbonyl (C=O) groups is 7. The number of ether oxygens (including phenoxy) is 1. The molecule has 0 radical (unpaired) electrons. The lowest BCUT2D eigenvalue weighted by Gasteiger charge is -2.33. The van der Waals surface area contributed by atoms with Gasteiger partial charge in [-0.25, -0.2) is 9.79 Å². The normalized spacial score (nSPS) is 24.6. The molecule has 3 heterocycles. The van der Waals surface area contributed by atoms with Gasteiger partial charge in [-0.2, -0.15) is 0 Å². The van der Waals surface area contributed by atoms with E-state index in [4.69, 9.17) is 11.2 Å². The summed E-state index contributed by atoms with van der Waals surface area (Å²) < 4.78 is 5.69. The molecule has 0 aromatic heterocycles. The Bertz CT molecular complexity index is 1830. The molecule has 3 aliphatic heterocycles. The summed E-state index contributed by atoms with van der Waals surface area (Å²) in [5, 5.41) is 5.51. The quantitative estimate of drug-likeness (QED) is 0.299. The molecule has 2 aromatic rings. The van der Waals surface area contributed by atoms with Crippen LogP contribution in [0.25, 0.3) is 0 Å². The summed E-state index contributed by atoms with van der Waals surface area (Å²) in [6.45, 7) is 2.94. The van der Waals surface area contributed by atoms with Crippen LogP contribution in [0.5, 0.6) is 0 Å². The summed E-state index contributed by atoms with van der Waals surface area (Å²) in [5.41, 5.74) is 1.31. The zero-order valence-electron chi connectivity index (χ0n) is 30.7. The van der Waals surface area contributed by atoms with E-state index in [2.05, 4.69) is 21.5 Å². The number of carbonyl (C=O) groups excluding carboxylic acids is 7. The van der Waals surface area contributed by atoms with E-state index >= 15 is 0 Å². The zero-order valence-corrected chi connectivity index (χ0v) is 30.7. The average Bonchev–Trinajstić information content (AvgIpc) is 3.81. The van der Waals surface area contributed by atoms with Crippen LogP contribution in [-0.4, -0.2) is 119 Å². The van der Waals surface area contributed by atoms with Crippen molar-refractivity contribution in [2.45, 2.75) is 82.6 Å². The van der Waals surface area contributed by atoms with Gasteiger partial charge in [-0.3, -0.25) is 28.8 Å². The van der Waals surface area contributed by atoms with Gasteiger partial charge in [-0.05, 0) is 43.2 Å². The summed E-state index contributed by atoms with van der Waals surface area (Å²) in [6, 6.07) is 12.2. The highest BCUT2D eigenvalue weighted by molar-refractivity contribution is 6.39. The van der Waals surface area contributed by atoms with Gasteiger partial charge in [0.2, 0.25) is 23.6 Å². The molecule has 0 spiro atoms. The molecule has 2 saturated heterocycles. The van der Waals surface area contributed by atoms with E-state index in [9.17, 15) is 33.6 Å². The Morgan fingerprint density at radius 1 is 0.963 bits per heavy atom. The molecule has 14 nitrogen and oxygen atoms in total. The van der Waals surface area contributed by atoms with Crippen LogP contribution in [-0.2, 0) is 51.1 Å². The van der Waals surface area contributed by atoms with E-state index in [0.29, 0.717) is 6.42 Å². The number of nitrogens with one attached hydrogen (secondary N) is 2. The minimum absolute atomic E-state index is 0.00680. The molecule has 2 fully saturated rings. The van der Waals surface area contributed by atoms with Gasteiger partial charge < -0.3 is 30.1 Å². The third-order valence-corrected chi connectivity index (χ3v) is 10.0. The van der Waals surface area contributed by atoms with Crippen LogP contribution in [0.2, 0.25) is 0 Å². The summed E-state index contributed by atoms with van der Waals surface area (Å²) >= 11 is 0. The van der Waals surface area contributed by atoms with Crippen molar-refractivity contribution in [2.24, 2.45) is 10.9 Å². The SMILES string of the molecule is C#CC[C@H]1C(=O)N=C(C)C(=O)N2C[C@H](C)C[C@H]2C(=O)OC[C@H](NC(=O)[C@H](Cc2ccccc2)NC(=O)Cc2ccccc2)C(=O)N2CCC[C@H]2C(=O)N1C. The molecule has 5 rings (SSSR count). The second kappa shape index (κ2) is 17.8. The molecular formula is C40H46N6O8. The largest absolute Gasteiger partial charge is 0.461 e. The lowest BCUT2D eigenvalue weighted by Crippen LogP contribution is -2.59. The van der Waals surface area contributed by atoms with Crippen molar-refractivity contribution in [1.82, 2.24) is 25.3 Å². The molecule has 54 heavy (non-hydrogen) atoms. The number of esters is 1. The molecule has 0 unspecified atom stereocenters. The van der Waals surface area contributed by atoms with E-state index in [1.54, 1.807) is 48.5 Å². The Hall–Kier alpha value is -5.84. The van der Waals surface area contributed by atoms with Crippen LogP contribution in [0.3, 0.4) is 0 Å². The lowest BCUT2D eigenvalue weighted by molar-refractivity contribution is -0.156. The number of nitrogens with zero attached hydrogens (tertiary/aromatic N) is 4. The van der Waals surface area contributed by atoms with Gasteiger partial charge in [0.15, 0.2) is 0 Å². The number of fused-ring (bicyclic) bond motifs is 2. The highest BCUT2D eigenvalue weighted by Gasteiger charge is 2.44. The summed E-state index contributed by atoms with van der Waals surface area (Å²) in [7, 11) is 1.39. The fraction of sp³-hybridized carbons (Fsp3) is 0.450. The fourth-order valence-electron chi connectivity index (χ4n) is 7.16. The first kappa shape index (κ1) is 39.4. The summed E-state index contributed by atoms with van der Waals surface area (Å²) in [5.74, 6) is -2.37. The van der Waals surface area contributed by atoms with Gasteiger partial charge in [-0.1, -0.05) is 67.6 Å². The standard InChI is InChI=1S/C40H46N6O8/c1-5-13-31-36(49)41-26(3)37(50)46-23-25(2)20-33(46)40(53)54-24-30(38(51)45-19-12-18-32(45)39(52)44(31)4)43-35(48)29(21-27-14-8-6-9-15-27)42-34(47)22-28-16-10-7-11-17-28/h1,6-11,14-17,25,29-33H,12-13,18-24H2,2-4H3,(H,42,47)(H,43,48)/t25-,29+,30+,31+,32+,33+/m1/s1. The molecule has 0 saturated carbocycles. The van der Waals surface area contributed by atoms with Crippen LogP contribution in [0, 0.1) is 18.3 Å². The van der Waals surface area contributed by atoms with Crippen molar-refractivity contribution in [3.63, 3.8) is 0 Å². The highest BCUT2D eigenvalue weighted by Crippen LogP contribution is 2.26. The van der Waals surface area contributed by atoms with Crippen LogP contribution in [0.15, 0.2) is 65.7 Å². The van der Waals surface area contributed by atoms with Crippen LogP contribution < -0.4 is 10.6 Å². The van der Waals surface area contributed by atoms with Crippen LogP contribution in [0.1, 0.15) is 50.7 Å². The van der Waals surface area contributed by atoms with Gasteiger partial charge >= 0.3 is 5.97 Å². The molecule has 2 aromatic carbocycles. The summed E-state index contributed by atoms with van der Waals surface area (Å²) in [4.78, 5) is 104. The van der Waals surface area contributed by atoms with Crippen molar-refractivity contribution in [2.75, 3.05) is 26.7 Å². The number of rotatable bonds is 8. The highest BCUT2D eigenvalue weighted by atomic mass is 16.5. The van der Waals surface area contributed by atoms with Crippen molar-refractivity contribution in [3.05, 3.63) is 71.8 Å². The predicted octanol–water partition coefficient (Wildman–Crippen LogP) is 1.06. The van der Waals surface area contributed by atoms with Crippen molar-refractivity contribution in [1.29, 1.82) is 0 Å². The zero-order chi connectivity index (χ0) is 38.9. The second-order valence-electron chi connectivity index (χ2n) is 14.1. The molecule has 2 N–H and O–H groups in total. The van der Waals surface area contributed by atoms with Gasteiger partial charge in [0.05, 0.1) is 6.42 Å².